The molecule has 0 radical (unpaired) electrons. The number of nitrogens with one attached hydrogen (secondary N) is 1. The molecule has 3 aromatic rings. The number of hydrogen-bond acceptors (Lipinski definition) is 6. The van der Waals surface area contributed by atoms with Gasteiger partial charge in [0, 0.05) is 19.2 Å². The summed E-state index contributed by atoms with van der Waals surface area (Å²) in [5.74, 6) is 0.210. The van der Waals surface area contributed by atoms with Crippen molar-refractivity contribution in [3.05, 3.63) is 58.9 Å². The number of rotatable bonds is 6. The molecule has 0 saturated carbocycles. The summed E-state index contributed by atoms with van der Waals surface area (Å²) in [5.41, 5.74) is 3.37. The van der Waals surface area contributed by atoms with Crippen molar-refractivity contribution in [3.63, 3.8) is 0 Å². The molecular formula is C25H29N5O4. The molecule has 1 saturated heterocycles. The van der Waals surface area contributed by atoms with Gasteiger partial charge in [0.2, 0.25) is 0 Å². The number of hydrogen-bond donors (Lipinski definition) is 1. The summed E-state index contributed by atoms with van der Waals surface area (Å²) >= 11 is 0. The molecule has 1 N–H and O–H groups in total. The maximum absolute atomic E-state index is 13.3. The lowest BCUT2D eigenvalue weighted by molar-refractivity contribution is 0.0725. The topological polar surface area (TPSA) is 98.6 Å². The third-order valence-electron chi connectivity index (χ3n) is 6.03. The van der Waals surface area contributed by atoms with Gasteiger partial charge in [-0.15, -0.1) is 5.10 Å². The molecule has 0 aliphatic carbocycles. The molecule has 1 aliphatic heterocycles. The van der Waals surface area contributed by atoms with Crippen molar-refractivity contribution in [3.8, 4) is 17.2 Å². The van der Waals surface area contributed by atoms with Crippen LogP contribution in [0.1, 0.15) is 51.4 Å². The number of aryl methyl sites for hydroxylation is 1. The first-order valence-electron chi connectivity index (χ1n) is 11.3. The fourth-order valence-electron chi connectivity index (χ4n) is 4.08. The number of ether oxygens (including phenoxy) is 2. The highest BCUT2D eigenvalue weighted by Gasteiger charge is 2.26. The molecule has 0 atom stereocenters. The number of likely N-dealkylation sites (tertiary alicyclic amines) is 1. The van der Waals surface area contributed by atoms with Gasteiger partial charge in [0.1, 0.15) is 0 Å². The van der Waals surface area contributed by atoms with Crippen LogP contribution < -0.4 is 14.8 Å². The molecule has 34 heavy (non-hydrogen) atoms. The minimum Gasteiger partial charge on any atom is -0.493 e. The van der Waals surface area contributed by atoms with E-state index in [4.69, 9.17) is 9.47 Å². The quantitative estimate of drug-likeness (QED) is 0.597. The van der Waals surface area contributed by atoms with E-state index in [0.717, 1.165) is 30.5 Å². The molecule has 9 heteroatoms. The van der Waals surface area contributed by atoms with Gasteiger partial charge >= 0.3 is 0 Å². The third-order valence-corrected chi connectivity index (χ3v) is 6.03. The van der Waals surface area contributed by atoms with E-state index in [2.05, 4.69) is 15.6 Å². The Labute approximate surface area is 198 Å². The van der Waals surface area contributed by atoms with E-state index < -0.39 is 5.91 Å². The maximum atomic E-state index is 13.3. The number of carbonyl (C=O) groups excluding carboxylic acids is 2. The van der Waals surface area contributed by atoms with Crippen molar-refractivity contribution in [2.75, 3.05) is 32.6 Å². The largest absolute Gasteiger partial charge is 0.493 e. The third kappa shape index (κ3) is 4.59. The van der Waals surface area contributed by atoms with Gasteiger partial charge in [0.15, 0.2) is 17.2 Å². The van der Waals surface area contributed by atoms with Crippen LogP contribution in [-0.2, 0) is 0 Å². The van der Waals surface area contributed by atoms with E-state index >= 15 is 0 Å². The van der Waals surface area contributed by atoms with Crippen molar-refractivity contribution in [2.24, 2.45) is 0 Å². The number of anilines is 1. The minimum atomic E-state index is -0.462. The Balaban J connectivity index is 1.67. The second-order valence-corrected chi connectivity index (χ2v) is 8.33. The van der Waals surface area contributed by atoms with E-state index in [-0.39, 0.29) is 11.6 Å². The molecule has 0 unspecified atom stereocenters. The predicted octanol–water partition coefficient (Wildman–Crippen LogP) is 3.78. The van der Waals surface area contributed by atoms with E-state index in [9.17, 15) is 9.59 Å². The van der Waals surface area contributed by atoms with Crippen LogP contribution in [0.2, 0.25) is 0 Å². The van der Waals surface area contributed by atoms with E-state index in [1.54, 1.807) is 28.6 Å². The molecule has 0 bridgehead atoms. The number of amides is 2. The fraction of sp³-hybridized carbons (Fsp3) is 0.360. The highest BCUT2D eigenvalue weighted by atomic mass is 16.5. The number of piperidine rings is 1. The van der Waals surface area contributed by atoms with Crippen LogP contribution in [0.15, 0.2) is 36.4 Å². The second-order valence-electron chi connectivity index (χ2n) is 8.33. The maximum Gasteiger partial charge on any atom is 0.278 e. The lowest BCUT2D eigenvalue weighted by atomic mass is 10.1. The number of benzene rings is 2. The summed E-state index contributed by atoms with van der Waals surface area (Å²) in [6.45, 7) is 5.15. The van der Waals surface area contributed by atoms with Crippen molar-refractivity contribution in [1.29, 1.82) is 0 Å². The van der Waals surface area contributed by atoms with Gasteiger partial charge in [-0.1, -0.05) is 22.9 Å². The van der Waals surface area contributed by atoms with Crippen LogP contribution in [0.3, 0.4) is 0 Å². The zero-order valence-corrected chi connectivity index (χ0v) is 19.9. The van der Waals surface area contributed by atoms with Crippen LogP contribution in [0.5, 0.6) is 11.5 Å². The normalized spacial score (nSPS) is 13.5. The molecule has 1 aliphatic rings. The summed E-state index contributed by atoms with van der Waals surface area (Å²) in [6, 6.07) is 11.0. The van der Waals surface area contributed by atoms with Crippen molar-refractivity contribution < 1.29 is 19.1 Å². The Bertz CT molecular complexity index is 1200. The van der Waals surface area contributed by atoms with Gasteiger partial charge in [-0.2, -0.15) is 0 Å². The van der Waals surface area contributed by atoms with Crippen LogP contribution in [-0.4, -0.2) is 59.0 Å². The molecule has 178 valence electrons. The summed E-state index contributed by atoms with van der Waals surface area (Å²) < 4.78 is 12.4. The molecule has 9 nitrogen and oxygen atoms in total. The van der Waals surface area contributed by atoms with Crippen LogP contribution in [0, 0.1) is 13.8 Å². The van der Waals surface area contributed by atoms with Crippen molar-refractivity contribution in [2.45, 2.75) is 33.1 Å². The fourth-order valence-corrected chi connectivity index (χ4v) is 4.08. The number of methoxy groups -OCH3 is 2. The SMILES string of the molecule is COc1cc(NC(=O)c2nnn(-c3ccc(C)cc3)c2C)c(C(=O)N2CCCCC2)cc1OC. The average Bonchev–Trinajstić information content (AvgIpc) is 3.25. The molecule has 0 spiro atoms. The van der Waals surface area contributed by atoms with Crippen LogP contribution in [0.4, 0.5) is 5.69 Å². The lowest BCUT2D eigenvalue weighted by Crippen LogP contribution is -2.36. The zero-order valence-electron chi connectivity index (χ0n) is 19.9. The number of carbonyl (C=O) groups is 2. The summed E-state index contributed by atoms with van der Waals surface area (Å²) in [6.07, 6.45) is 3.03. The average molecular weight is 464 g/mol. The van der Waals surface area contributed by atoms with Crippen LogP contribution >= 0.6 is 0 Å². The monoisotopic (exact) mass is 463 g/mol. The number of nitrogens with zero attached hydrogens (tertiary/aromatic N) is 4. The first kappa shape index (κ1) is 23.3. The van der Waals surface area contributed by atoms with Crippen LogP contribution in [0.25, 0.3) is 5.69 Å². The number of aromatic nitrogens is 3. The van der Waals surface area contributed by atoms with E-state index in [1.165, 1.54) is 14.2 Å². The summed E-state index contributed by atoms with van der Waals surface area (Å²) in [4.78, 5) is 28.4. The predicted molar refractivity (Wildman–Crippen MR) is 128 cm³/mol. The molecule has 2 aromatic carbocycles. The van der Waals surface area contributed by atoms with E-state index in [1.807, 2.05) is 31.2 Å². The Morgan fingerprint density at radius 2 is 1.59 bits per heavy atom. The molecule has 2 amide bonds. The minimum absolute atomic E-state index is 0.156. The molecule has 1 aromatic heterocycles. The first-order chi connectivity index (χ1) is 16.4. The van der Waals surface area contributed by atoms with Crippen molar-refractivity contribution >= 4 is 17.5 Å². The van der Waals surface area contributed by atoms with Gasteiger partial charge < -0.3 is 19.7 Å². The van der Waals surface area contributed by atoms with Crippen molar-refractivity contribution in [1.82, 2.24) is 19.9 Å². The molecule has 1 fully saturated rings. The highest BCUT2D eigenvalue weighted by molar-refractivity contribution is 6.09. The molecule has 2 heterocycles. The lowest BCUT2D eigenvalue weighted by Gasteiger charge is -2.28. The van der Waals surface area contributed by atoms with Gasteiger partial charge in [0.05, 0.1) is 36.9 Å². The van der Waals surface area contributed by atoms with E-state index in [0.29, 0.717) is 41.5 Å². The summed E-state index contributed by atoms with van der Waals surface area (Å²) in [7, 11) is 3.02. The standard InChI is InChI=1S/C25H29N5O4/c1-16-8-10-18(11-9-16)30-17(2)23(27-28-30)24(31)26-20-15-22(34-4)21(33-3)14-19(20)25(32)29-12-6-5-7-13-29/h8-11,14-15H,5-7,12-13H2,1-4H3,(H,26,31). The van der Waals surface area contributed by atoms with Gasteiger partial charge in [-0.05, 0) is 51.3 Å². The smallest absolute Gasteiger partial charge is 0.278 e. The zero-order chi connectivity index (χ0) is 24.2. The van der Waals surface area contributed by atoms with Gasteiger partial charge in [-0.3, -0.25) is 9.59 Å². The Kier molecular flexibility index (Phi) is 6.81. The molecular weight excluding hydrogens is 434 g/mol. The Morgan fingerprint density at radius 1 is 0.941 bits per heavy atom. The Hall–Kier alpha value is -3.88. The Morgan fingerprint density at radius 3 is 2.24 bits per heavy atom. The highest BCUT2D eigenvalue weighted by Crippen LogP contribution is 2.34. The van der Waals surface area contributed by atoms with Gasteiger partial charge in [-0.25, -0.2) is 4.68 Å². The molecule has 4 rings (SSSR count). The second kappa shape index (κ2) is 9.94. The summed E-state index contributed by atoms with van der Waals surface area (Å²) in [5, 5.41) is 11.1. The first-order valence-corrected chi connectivity index (χ1v) is 11.3. The van der Waals surface area contributed by atoms with Gasteiger partial charge in [0.25, 0.3) is 11.8 Å².